The van der Waals surface area contributed by atoms with Crippen molar-refractivity contribution in [2.45, 2.75) is 0 Å². The minimum Gasteiger partial charge on any atom is -0.307 e. The highest BCUT2D eigenvalue weighted by molar-refractivity contribution is 7.85. The van der Waals surface area contributed by atoms with Crippen molar-refractivity contribution in [1.82, 2.24) is 9.97 Å². The van der Waals surface area contributed by atoms with Gasteiger partial charge in [0.15, 0.2) is 13.0 Å². The van der Waals surface area contributed by atoms with Gasteiger partial charge >= 0.3 is 0 Å². The lowest BCUT2D eigenvalue weighted by Gasteiger charge is -2.19. The summed E-state index contributed by atoms with van der Waals surface area (Å²) in [5.74, 6) is 0.594. The molecule has 5 heteroatoms. The predicted octanol–water partition coefficient (Wildman–Crippen LogP) is 6.15. The summed E-state index contributed by atoms with van der Waals surface area (Å²) >= 11 is 1.74. The van der Waals surface area contributed by atoms with Crippen molar-refractivity contribution in [2.75, 3.05) is 0 Å². The van der Waals surface area contributed by atoms with E-state index in [0.29, 0.717) is 11.3 Å². The highest BCUT2D eigenvalue weighted by atomic mass is 32.1. The maximum atomic E-state index is 14.7. The van der Waals surface area contributed by atoms with E-state index in [1.54, 1.807) is 23.6 Å². The van der Waals surface area contributed by atoms with Crippen LogP contribution in [0.15, 0.2) is 115 Å². The maximum absolute atomic E-state index is 14.7. The standard InChI is InChI=1S/C28H19N2OPS/c31-32(20-10-3-1-4-11-20,21-12-5-2-6-13-21)26-18-19-29-28(30-26)24-16-9-15-23-22-14-7-8-17-25(22)33-27(23)24/h1-19H. The molecule has 0 unspecified atom stereocenters. The van der Waals surface area contributed by atoms with Gasteiger partial charge in [0.2, 0.25) is 0 Å². The molecule has 0 atom stereocenters. The number of thiophene rings is 1. The predicted molar refractivity (Wildman–Crippen MR) is 140 cm³/mol. The molecule has 0 amide bonds. The third kappa shape index (κ3) is 3.31. The Morgan fingerprint density at radius 2 is 1.27 bits per heavy atom. The molecule has 6 aromatic rings. The number of hydrogen-bond acceptors (Lipinski definition) is 4. The second-order valence-corrected chi connectivity index (χ2v) is 11.6. The zero-order valence-corrected chi connectivity index (χ0v) is 19.3. The Hall–Kier alpha value is -3.59. The Labute approximate surface area is 195 Å². The summed E-state index contributed by atoms with van der Waals surface area (Å²) in [6.07, 6.45) is 1.72. The zero-order valence-electron chi connectivity index (χ0n) is 17.6. The average Bonchev–Trinajstić information content (AvgIpc) is 3.28. The second kappa shape index (κ2) is 8.08. The largest absolute Gasteiger partial charge is 0.307 e. The number of fused-ring (bicyclic) bond motifs is 3. The van der Waals surface area contributed by atoms with Crippen molar-refractivity contribution in [3.8, 4) is 11.4 Å². The fourth-order valence-corrected chi connectivity index (χ4v) is 8.00. The molecule has 6 rings (SSSR count). The smallest absolute Gasteiger partial charge is 0.188 e. The Kier molecular flexibility index (Phi) is 4.91. The summed E-state index contributed by atoms with van der Waals surface area (Å²) in [6, 6.07) is 35.7. The lowest BCUT2D eigenvalue weighted by molar-refractivity contribution is 0.592. The van der Waals surface area contributed by atoms with Crippen molar-refractivity contribution in [1.29, 1.82) is 0 Å². The van der Waals surface area contributed by atoms with E-state index >= 15 is 0 Å². The van der Waals surface area contributed by atoms with Gasteiger partial charge in [-0.05, 0) is 18.2 Å². The van der Waals surface area contributed by atoms with E-state index in [-0.39, 0.29) is 0 Å². The van der Waals surface area contributed by atoms with Crippen molar-refractivity contribution < 1.29 is 4.57 Å². The molecule has 0 N–H and O–H groups in total. The molecule has 0 radical (unpaired) electrons. The molecule has 0 aliphatic heterocycles. The topological polar surface area (TPSA) is 42.9 Å². The molecule has 33 heavy (non-hydrogen) atoms. The van der Waals surface area contributed by atoms with Gasteiger partial charge in [0, 0.05) is 42.5 Å². The normalized spacial score (nSPS) is 11.8. The van der Waals surface area contributed by atoms with E-state index in [1.165, 1.54) is 15.5 Å². The van der Waals surface area contributed by atoms with Gasteiger partial charge in [0.25, 0.3) is 0 Å². The zero-order chi connectivity index (χ0) is 22.3. The van der Waals surface area contributed by atoms with E-state index in [4.69, 9.17) is 4.98 Å². The molecule has 2 aromatic heterocycles. The van der Waals surface area contributed by atoms with Crippen molar-refractivity contribution in [3.63, 3.8) is 0 Å². The quantitative estimate of drug-likeness (QED) is 0.295. The van der Waals surface area contributed by atoms with Crippen LogP contribution in [-0.2, 0) is 4.57 Å². The molecule has 2 heterocycles. The molecule has 0 aliphatic carbocycles. The molecule has 3 nitrogen and oxygen atoms in total. The van der Waals surface area contributed by atoms with Crippen LogP contribution < -0.4 is 16.0 Å². The van der Waals surface area contributed by atoms with Gasteiger partial charge in [0.05, 0.1) is 0 Å². The summed E-state index contributed by atoms with van der Waals surface area (Å²) in [5.41, 5.74) is 1.51. The minimum atomic E-state index is -3.16. The minimum absolute atomic E-state index is 0.544. The van der Waals surface area contributed by atoms with Gasteiger partial charge in [-0.25, -0.2) is 9.97 Å². The fraction of sp³-hybridized carbons (Fsp3) is 0. The van der Waals surface area contributed by atoms with E-state index in [9.17, 15) is 4.57 Å². The van der Waals surface area contributed by atoms with Crippen LogP contribution in [-0.4, -0.2) is 9.97 Å². The summed E-state index contributed by atoms with van der Waals surface area (Å²) in [4.78, 5) is 9.53. The third-order valence-corrected chi connectivity index (χ3v) is 10.0. The Morgan fingerprint density at radius 1 is 0.636 bits per heavy atom. The Morgan fingerprint density at radius 3 is 2.00 bits per heavy atom. The molecular weight excluding hydrogens is 443 g/mol. The Bertz CT molecular complexity index is 1600. The van der Waals surface area contributed by atoms with Gasteiger partial charge < -0.3 is 4.57 Å². The van der Waals surface area contributed by atoms with Crippen molar-refractivity contribution in [2.24, 2.45) is 0 Å². The van der Waals surface area contributed by atoms with Crippen LogP contribution in [0.3, 0.4) is 0 Å². The molecule has 0 bridgehead atoms. The maximum Gasteiger partial charge on any atom is 0.188 e. The van der Waals surface area contributed by atoms with Crippen LogP contribution in [0.25, 0.3) is 31.6 Å². The first-order chi connectivity index (χ1) is 16.2. The third-order valence-electron chi connectivity index (χ3n) is 5.85. The van der Waals surface area contributed by atoms with Crippen LogP contribution in [0, 0.1) is 0 Å². The summed E-state index contributed by atoms with van der Waals surface area (Å²) in [7, 11) is -3.16. The van der Waals surface area contributed by atoms with E-state index < -0.39 is 7.14 Å². The first-order valence-electron chi connectivity index (χ1n) is 10.7. The second-order valence-electron chi connectivity index (χ2n) is 7.80. The summed E-state index contributed by atoms with van der Waals surface area (Å²) in [5, 5.41) is 3.95. The van der Waals surface area contributed by atoms with Crippen molar-refractivity contribution in [3.05, 3.63) is 115 Å². The monoisotopic (exact) mass is 462 g/mol. The van der Waals surface area contributed by atoms with Gasteiger partial charge in [0.1, 0.15) is 5.44 Å². The number of aromatic nitrogens is 2. The lowest BCUT2D eigenvalue weighted by Crippen LogP contribution is -2.27. The van der Waals surface area contributed by atoms with Gasteiger partial charge in [-0.15, -0.1) is 11.3 Å². The van der Waals surface area contributed by atoms with E-state index in [2.05, 4.69) is 35.3 Å². The molecule has 0 saturated carbocycles. The van der Waals surface area contributed by atoms with E-state index in [0.717, 1.165) is 20.9 Å². The molecular formula is C28H19N2OPS. The Balaban J connectivity index is 1.58. The summed E-state index contributed by atoms with van der Waals surface area (Å²) < 4.78 is 17.1. The first kappa shape index (κ1) is 20.0. The van der Waals surface area contributed by atoms with Crippen LogP contribution in [0.1, 0.15) is 0 Å². The molecule has 4 aromatic carbocycles. The number of rotatable bonds is 4. The SMILES string of the molecule is O=P(c1ccccc1)(c1ccccc1)c1ccnc(-c2cccc3c2sc2ccccc23)n1. The first-order valence-corrected chi connectivity index (χ1v) is 13.2. The molecule has 0 saturated heterocycles. The average molecular weight is 463 g/mol. The van der Waals surface area contributed by atoms with Gasteiger partial charge in [-0.1, -0.05) is 91.0 Å². The van der Waals surface area contributed by atoms with Crippen molar-refractivity contribution >= 4 is 54.7 Å². The molecule has 0 fully saturated rings. The van der Waals surface area contributed by atoms with Gasteiger partial charge in [-0.2, -0.15) is 0 Å². The van der Waals surface area contributed by atoms with Crippen LogP contribution in [0.4, 0.5) is 0 Å². The highest BCUT2D eigenvalue weighted by Crippen LogP contribution is 2.43. The molecule has 0 spiro atoms. The lowest BCUT2D eigenvalue weighted by atomic mass is 10.1. The van der Waals surface area contributed by atoms with Crippen LogP contribution in [0.5, 0.6) is 0 Å². The number of nitrogens with zero attached hydrogens (tertiary/aromatic N) is 2. The van der Waals surface area contributed by atoms with Crippen LogP contribution >= 0.6 is 18.5 Å². The number of hydrogen-bond donors (Lipinski definition) is 0. The molecule has 158 valence electrons. The highest BCUT2D eigenvalue weighted by Gasteiger charge is 2.31. The van der Waals surface area contributed by atoms with Gasteiger partial charge in [-0.3, -0.25) is 0 Å². The molecule has 0 aliphatic rings. The van der Waals surface area contributed by atoms with Crippen LogP contribution in [0.2, 0.25) is 0 Å². The number of benzene rings is 4. The van der Waals surface area contributed by atoms with E-state index in [1.807, 2.05) is 72.8 Å². The summed E-state index contributed by atoms with van der Waals surface area (Å²) in [6.45, 7) is 0. The fourth-order valence-electron chi connectivity index (χ4n) is 4.27.